The summed E-state index contributed by atoms with van der Waals surface area (Å²) in [5.74, 6) is 0.653. The van der Waals surface area contributed by atoms with Crippen molar-refractivity contribution in [1.29, 1.82) is 0 Å². The lowest BCUT2D eigenvalue weighted by Gasteiger charge is -2.06. The Morgan fingerprint density at radius 3 is 3.00 bits per heavy atom. The van der Waals surface area contributed by atoms with Crippen molar-refractivity contribution in [3.8, 4) is 0 Å². The first-order valence-corrected chi connectivity index (χ1v) is 4.81. The number of nitrogens with zero attached hydrogens (tertiary/aromatic N) is 1. The van der Waals surface area contributed by atoms with Crippen molar-refractivity contribution in [2.24, 2.45) is 0 Å². The molecule has 1 aliphatic rings. The van der Waals surface area contributed by atoms with Crippen molar-refractivity contribution in [1.82, 2.24) is 15.3 Å². The van der Waals surface area contributed by atoms with Crippen LogP contribution < -0.4 is 5.32 Å². The summed E-state index contributed by atoms with van der Waals surface area (Å²) in [5.41, 5.74) is -0.0852. The highest BCUT2D eigenvalue weighted by Crippen LogP contribution is 2.17. The van der Waals surface area contributed by atoms with Crippen molar-refractivity contribution in [3.63, 3.8) is 0 Å². The van der Waals surface area contributed by atoms with Crippen molar-refractivity contribution in [2.75, 3.05) is 6.54 Å². The molecule has 0 aromatic carbocycles. The molecule has 0 saturated carbocycles. The van der Waals surface area contributed by atoms with Gasteiger partial charge in [0.05, 0.1) is 6.20 Å². The highest BCUT2D eigenvalue weighted by molar-refractivity contribution is 5.04. The third-order valence-corrected chi connectivity index (χ3v) is 2.49. The highest BCUT2D eigenvalue weighted by atomic mass is 19.3. The van der Waals surface area contributed by atoms with Crippen molar-refractivity contribution in [3.05, 3.63) is 17.7 Å². The summed E-state index contributed by atoms with van der Waals surface area (Å²) in [6.45, 7) is 1.02. The molecule has 78 valence electrons. The first-order valence-electron chi connectivity index (χ1n) is 4.81. The number of rotatable bonds is 3. The second-order valence-electron chi connectivity index (χ2n) is 3.58. The van der Waals surface area contributed by atoms with Crippen LogP contribution in [0.1, 0.15) is 30.8 Å². The van der Waals surface area contributed by atoms with E-state index in [9.17, 15) is 8.78 Å². The molecule has 1 aromatic rings. The molecule has 1 fully saturated rings. The summed E-state index contributed by atoms with van der Waals surface area (Å²) < 4.78 is 24.4. The molecule has 0 amide bonds. The molecule has 3 nitrogen and oxygen atoms in total. The van der Waals surface area contributed by atoms with E-state index in [2.05, 4.69) is 15.3 Å². The molecule has 0 bridgehead atoms. The third kappa shape index (κ3) is 2.09. The minimum Gasteiger partial charge on any atom is -0.341 e. The van der Waals surface area contributed by atoms with Gasteiger partial charge in [-0.3, -0.25) is 0 Å². The Hall–Kier alpha value is -0.970. The van der Waals surface area contributed by atoms with Gasteiger partial charge < -0.3 is 10.3 Å². The Kier molecular flexibility index (Phi) is 2.77. The van der Waals surface area contributed by atoms with Crippen LogP contribution in [0.15, 0.2) is 6.20 Å². The van der Waals surface area contributed by atoms with Gasteiger partial charge in [-0.2, -0.15) is 0 Å². The maximum atomic E-state index is 12.2. The second kappa shape index (κ2) is 4.04. The maximum absolute atomic E-state index is 12.2. The first kappa shape index (κ1) is 9.58. The van der Waals surface area contributed by atoms with E-state index in [-0.39, 0.29) is 5.69 Å². The smallest absolute Gasteiger partial charge is 0.279 e. The largest absolute Gasteiger partial charge is 0.341 e. The van der Waals surface area contributed by atoms with Crippen LogP contribution in [0.3, 0.4) is 0 Å². The van der Waals surface area contributed by atoms with E-state index in [1.807, 2.05) is 0 Å². The van der Waals surface area contributed by atoms with Gasteiger partial charge in [0.2, 0.25) is 0 Å². The summed E-state index contributed by atoms with van der Waals surface area (Å²) in [7, 11) is 0. The normalized spacial score (nSPS) is 22.1. The van der Waals surface area contributed by atoms with Gasteiger partial charge in [-0.1, -0.05) is 0 Å². The third-order valence-electron chi connectivity index (χ3n) is 2.49. The maximum Gasteiger partial charge on any atom is 0.279 e. The molecule has 2 N–H and O–H groups in total. The van der Waals surface area contributed by atoms with Crippen LogP contribution in [0.25, 0.3) is 0 Å². The molecule has 1 aromatic heterocycles. The fourth-order valence-corrected chi connectivity index (χ4v) is 1.76. The summed E-state index contributed by atoms with van der Waals surface area (Å²) in [6.07, 6.45) is 1.74. The topological polar surface area (TPSA) is 40.7 Å². The van der Waals surface area contributed by atoms with Gasteiger partial charge in [0.15, 0.2) is 0 Å². The zero-order valence-electron chi connectivity index (χ0n) is 7.76. The number of H-pyrrole nitrogens is 1. The number of halogens is 2. The van der Waals surface area contributed by atoms with Crippen LogP contribution in [0.4, 0.5) is 8.78 Å². The van der Waals surface area contributed by atoms with Gasteiger partial charge in [-0.25, -0.2) is 13.8 Å². The fourth-order valence-electron chi connectivity index (χ4n) is 1.76. The van der Waals surface area contributed by atoms with Gasteiger partial charge in [0.1, 0.15) is 11.5 Å². The molecular formula is C9H13F2N3. The Morgan fingerprint density at radius 2 is 2.43 bits per heavy atom. The molecule has 5 heteroatoms. The lowest BCUT2D eigenvalue weighted by atomic mass is 10.1. The standard InChI is InChI=1S/C9H13F2N3/c10-9(11)7-5-13-8(14-7)4-6-2-1-3-12-6/h5-6,9,12H,1-4H2,(H,13,14). The number of hydrogen-bond donors (Lipinski definition) is 2. The molecule has 14 heavy (non-hydrogen) atoms. The first-order chi connectivity index (χ1) is 6.75. The molecule has 2 rings (SSSR count). The average Bonchev–Trinajstić information content (AvgIpc) is 2.75. The molecule has 1 atom stereocenters. The van der Waals surface area contributed by atoms with Crippen LogP contribution in [-0.2, 0) is 6.42 Å². The number of nitrogens with one attached hydrogen (secondary N) is 2. The monoisotopic (exact) mass is 201 g/mol. The number of imidazole rings is 1. The summed E-state index contributed by atoms with van der Waals surface area (Å²) in [4.78, 5) is 6.56. The number of alkyl halides is 2. The molecule has 1 aliphatic heterocycles. The van der Waals surface area contributed by atoms with Crippen LogP contribution in [-0.4, -0.2) is 22.6 Å². The minimum absolute atomic E-state index is 0.0852. The molecule has 0 aliphatic carbocycles. The Morgan fingerprint density at radius 1 is 1.57 bits per heavy atom. The molecular weight excluding hydrogens is 188 g/mol. The van der Waals surface area contributed by atoms with E-state index in [1.54, 1.807) is 0 Å². The Labute approximate surface area is 80.9 Å². The average molecular weight is 201 g/mol. The Bertz CT molecular complexity index is 292. The van der Waals surface area contributed by atoms with Crippen LogP contribution in [0.5, 0.6) is 0 Å². The van der Waals surface area contributed by atoms with Gasteiger partial charge >= 0.3 is 0 Å². The zero-order valence-corrected chi connectivity index (χ0v) is 7.76. The van der Waals surface area contributed by atoms with Gasteiger partial charge in [-0.15, -0.1) is 0 Å². The SMILES string of the molecule is FC(F)c1cnc(CC2CCCN2)[nH]1. The van der Waals surface area contributed by atoms with Gasteiger partial charge in [-0.05, 0) is 19.4 Å². The number of hydrogen-bond acceptors (Lipinski definition) is 2. The van der Waals surface area contributed by atoms with Crippen molar-refractivity contribution in [2.45, 2.75) is 31.7 Å². The predicted molar refractivity (Wildman–Crippen MR) is 48.3 cm³/mol. The van der Waals surface area contributed by atoms with Gasteiger partial charge in [0.25, 0.3) is 6.43 Å². The van der Waals surface area contributed by atoms with Gasteiger partial charge in [0, 0.05) is 12.5 Å². The lowest BCUT2D eigenvalue weighted by molar-refractivity contribution is 0.146. The molecule has 0 radical (unpaired) electrons. The van der Waals surface area contributed by atoms with Crippen molar-refractivity contribution >= 4 is 0 Å². The number of aromatic nitrogens is 2. The molecule has 2 heterocycles. The highest BCUT2D eigenvalue weighted by Gasteiger charge is 2.17. The van der Waals surface area contributed by atoms with E-state index in [0.717, 1.165) is 19.4 Å². The van der Waals surface area contributed by atoms with Crippen LogP contribution in [0.2, 0.25) is 0 Å². The van der Waals surface area contributed by atoms with E-state index in [1.165, 1.54) is 6.20 Å². The summed E-state index contributed by atoms with van der Waals surface area (Å²) >= 11 is 0. The molecule has 1 saturated heterocycles. The van der Waals surface area contributed by atoms with E-state index in [0.29, 0.717) is 18.3 Å². The second-order valence-corrected chi connectivity index (χ2v) is 3.58. The zero-order chi connectivity index (χ0) is 9.97. The summed E-state index contributed by atoms with van der Waals surface area (Å²) in [6, 6.07) is 0.395. The lowest BCUT2D eigenvalue weighted by Crippen LogP contribution is -2.24. The molecule has 0 spiro atoms. The summed E-state index contributed by atoms with van der Waals surface area (Å²) in [5, 5.41) is 3.30. The van der Waals surface area contributed by atoms with E-state index >= 15 is 0 Å². The van der Waals surface area contributed by atoms with E-state index in [4.69, 9.17) is 0 Å². The number of aromatic amines is 1. The van der Waals surface area contributed by atoms with Crippen molar-refractivity contribution < 1.29 is 8.78 Å². The van der Waals surface area contributed by atoms with Crippen LogP contribution in [0, 0.1) is 0 Å². The molecule has 1 unspecified atom stereocenters. The van der Waals surface area contributed by atoms with E-state index < -0.39 is 6.43 Å². The van der Waals surface area contributed by atoms with Crippen LogP contribution >= 0.6 is 0 Å². The minimum atomic E-state index is -2.45. The Balaban J connectivity index is 1.95. The predicted octanol–water partition coefficient (Wildman–Crippen LogP) is 1.64. The fraction of sp³-hybridized carbons (Fsp3) is 0.667. The quantitative estimate of drug-likeness (QED) is 0.780.